The summed E-state index contributed by atoms with van der Waals surface area (Å²) >= 11 is 8.67. The second kappa shape index (κ2) is 5.63. The van der Waals surface area contributed by atoms with Gasteiger partial charge in [0.05, 0.1) is 11.7 Å². The Balaban J connectivity index is 3.17. The van der Waals surface area contributed by atoms with Crippen molar-refractivity contribution in [3.63, 3.8) is 0 Å². The first-order valence-electron chi connectivity index (χ1n) is 4.42. The van der Waals surface area contributed by atoms with Crippen LogP contribution in [0.4, 0.5) is 0 Å². The highest BCUT2D eigenvalue weighted by atomic mass is 79.9. The Hall–Kier alpha value is -0.620. The Morgan fingerprint density at radius 3 is 2.56 bits per heavy atom. The largest absolute Gasteiger partial charge is 0.478 e. The highest BCUT2D eigenvalue weighted by Gasteiger charge is 2.22. The molecule has 0 spiro atoms. The van der Waals surface area contributed by atoms with Crippen LogP contribution in [0.5, 0.6) is 0 Å². The van der Waals surface area contributed by atoms with E-state index in [1.807, 2.05) is 0 Å². The molecule has 0 fully saturated rings. The highest BCUT2D eigenvalue weighted by Crippen LogP contribution is 2.25. The van der Waals surface area contributed by atoms with Gasteiger partial charge in [-0.15, -0.1) is 0 Å². The quantitative estimate of drug-likeness (QED) is 0.742. The Bertz CT molecular complexity index is 396. The number of halogens is 2. The molecule has 0 saturated heterocycles. The van der Waals surface area contributed by atoms with Crippen molar-refractivity contribution in [2.24, 2.45) is 0 Å². The van der Waals surface area contributed by atoms with Crippen molar-refractivity contribution in [3.05, 3.63) is 34.3 Å². The molecule has 4 nitrogen and oxygen atoms in total. The smallest absolute Gasteiger partial charge is 0.336 e. The summed E-state index contributed by atoms with van der Waals surface area (Å²) in [6.45, 7) is 0. The molecule has 0 heterocycles. The molecule has 0 aliphatic heterocycles. The summed E-state index contributed by atoms with van der Waals surface area (Å²) in [4.78, 5) is 10.9. The molecule has 0 amide bonds. The predicted octanol–water partition coefficient (Wildman–Crippen LogP) is 1.83. The van der Waals surface area contributed by atoms with E-state index in [1.54, 1.807) is 0 Å². The van der Waals surface area contributed by atoms with Gasteiger partial charge < -0.3 is 15.3 Å². The van der Waals surface area contributed by atoms with Crippen LogP contribution in [-0.2, 0) is 0 Å². The van der Waals surface area contributed by atoms with E-state index in [9.17, 15) is 15.0 Å². The lowest BCUT2D eigenvalue weighted by molar-refractivity contribution is 0.0328. The maximum Gasteiger partial charge on any atom is 0.336 e. The number of aromatic carboxylic acids is 1. The molecule has 88 valence electrons. The minimum absolute atomic E-state index is 0.111. The van der Waals surface area contributed by atoms with Crippen LogP contribution in [-0.4, -0.2) is 32.7 Å². The van der Waals surface area contributed by atoms with Gasteiger partial charge in [0.25, 0.3) is 0 Å². The van der Waals surface area contributed by atoms with Gasteiger partial charge in [0.2, 0.25) is 0 Å². The molecule has 0 aliphatic carbocycles. The number of hydrogen-bond acceptors (Lipinski definition) is 3. The summed E-state index contributed by atoms with van der Waals surface area (Å²) in [7, 11) is 0. The molecule has 0 bridgehead atoms. The topological polar surface area (TPSA) is 77.8 Å². The number of alkyl halides is 1. The maximum atomic E-state index is 10.9. The van der Waals surface area contributed by atoms with Crippen molar-refractivity contribution in [1.82, 2.24) is 0 Å². The van der Waals surface area contributed by atoms with E-state index >= 15 is 0 Å². The zero-order valence-corrected chi connectivity index (χ0v) is 10.4. The molecular formula is C10H10BrClO4. The lowest BCUT2D eigenvalue weighted by atomic mass is 9.99. The van der Waals surface area contributed by atoms with Gasteiger partial charge in [-0.25, -0.2) is 4.79 Å². The van der Waals surface area contributed by atoms with E-state index < -0.39 is 18.2 Å². The first kappa shape index (κ1) is 13.4. The second-order valence-electron chi connectivity index (χ2n) is 3.20. The molecule has 3 N–H and O–H groups in total. The van der Waals surface area contributed by atoms with E-state index in [1.165, 1.54) is 18.2 Å². The van der Waals surface area contributed by atoms with Crippen molar-refractivity contribution in [1.29, 1.82) is 0 Å². The van der Waals surface area contributed by atoms with Gasteiger partial charge in [-0.05, 0) is 17.7 Å². The molecule has 1 aromatic rings. The average Bonchev–Trinajstić information content (AvgIpc) is 2.26. The predicted molar refractivity (Wildman–Crippen MR) is 63.2 cm³/mol. The normalized spacial score (nSPS) is 14.5. The molecule has 1 rings (SSSR count). The van der Waals surface area contributed by atoms with Crippen LogP contribution < -0.4 is 0 Å². The van der Waals surface area contributed by atoms with Crippen LogP contribution in [0.2, 0.25) is 5.02 Å². The molecule has 2 unspecified atom stereocenters. The van der Waals surface area contributed by atoms with Crippen LogP contribution in [0, 0.1) is 0 Å². The number of carboxylic acid groups (broad SMARTS) is 1. The Morgan fingerprint density at radius 1 is 1.44 bits per heavy atom. The van der Waals surface area contributed by atoms with Gasteiger partial charge in [0, 0.05) is 10.4 Å². The van der Waals surface area contributed by atoms with E-state index in [0.29, 0.717) is 0 Å². The van der Waals surface area contributed by atoms with Crippen LogP contribution in [0.1, 0.15) is 22.0 Å². The zero-order valence-electron chi connectivity index (χ0n) is 8.10. The first-order valence-corrected chi connectivity index (χ1v) is 5.92. The molecule has 2 atom stereocenters. The summed E-state index contributed by atoms with van der Waals surface area (Å²) in [5, 5.41) is 28.5. The fraction of sp³-hybridized carbons (Fsp3) is 0.300. The molecule has 1 aromatic carbocycles. The van der Waals surface area contributed by atoms with Crippen molar-refractivity contribution in [2.75, 3.05) is 5.33 Å². The fourth-order valence-corrected chi connectivity index (χ4v) is 1.79. The first-order chi connectivity index (χ1) is 7.47. The van der Waals surface area contributed by atoms with E-state index in [2.05, 4.69) is 15.9 Å². The number of aliphatic hydroxyl groups is 2. The highest BCUT2D eigenvalue weighted by molar-refractivity contribution is 9.09. The summed E-state index contributed by atoms with van der Waals surface area (Å²) in [6, 6.07) is 4.10. The van der Waals surface area contributed by atoms with Crippen molar-refractivity contribution in [2.45, 2.75) is 12.2 Å². The summed E-state index contributed by atoms with van der Waals surface area (Å²) in [5.41, 5.74) is 0.0313. The fourth-order valence-electron chi connectivity index (χ4n) is 1.26. The van der Waals surface area contributed by atoms with Crippen LogP contribution in [0.25, 0.3) is 0 Å². The van der Waals surface area contributed by atoms with Crippen molar-refractivity contribution in [3.8, 4) is 0 Å². The van der Waals surface area contributed by atoms with Crippen LogP contribution in [0.15, 0.2) is 18.2 Å². The third-order valence-electron chi connectivity index (χ3n) is 2.09. The summed E-state index contributed by atoms with van der Waals surface area (Å²) in [6.07, 6.45) is -2.33. The SMILES string of the molecule is O=C(O)c1cc(Cl)ccc1C(O)C(O)CBr. The lowest BCUT2D eigenvalue weighted by Gasteiger charge is -2.17. The van der Waals surface area contributed by atoms with Gasteiger partial charge in [-0.3, -0.25) is 0 Å². The third kappa shape index (κ3) is 2.95. The van der Waals surface area contributed by atoms with Crippen molar-refractivity contribution >= 4 is 33.5 Å². The lowest BCUT2D eigenvalue weighted by Crippen LogP contribution is -2.21. The van der Waals surface area contributed by atoms with Gasteiger partial charge in [0.15, 0.2) is 0 Å². The molecule has 0 saturated carbocycles. The molecule has 0 aliphatic rings. The second-order valence-corrected chi connectivity index (χ2v) is 4.29. The van der Waals surface area contributed by atoms with E-state index in [4.69, 9.17) is 16.7 Å². The molecule has 0 aromatic heterocycles. The monoisotopic (exact) mass is 308 g/mol. The third-order valence-corrected chi connectivity index (χ3v) is 2.99. The van der Waals surface area contributed by atoms with Crippen molar-refractivity contribution < 1.29 is 20.1 Å². The number of benzene rings is 1. The number of rotatable bonds is 4. The van der Waals surface area contributed by atoms with Gasteiger partial charge >= 0.3 is 5.97 Å². The van der Waals surface area contributed by atoms with Gasteiger partial charge in [-0.1, -0.05) is 33.6 Å². The summed E-state index contributed by atoms with van der Waals surface area (Å²) < 4.78 is 0. The Labute approximate surface area is 106 Å². The summed E-state index contributed by atoms with van der Waals surface area (Å²) in [5.74, 6) is -1.20. The Kier molecular flexibility index (Phi) is 4.73. The Morgan fingerprint density at radius 2 is 2.06 bits per heavy atom. The minimum Gasteiger partial charge on any atom is -0.478 e. The van der Waals surface area contributed by atoms with E-state index in [-0.39, 0.29) is 21.5 Å². The number of carbonyl (C=O) groups is 1. The number of hydrogen-bond donors (Lipinski definition) is 3. The minimum atomic E-state index is -1.26. The van der Waals surface area contributed by atoms with Crippen LogP contribution in [0.3, 0.4) is 0 Å². The number of carboxylic acids is 1. The maximum absolute atomic E-state index is 10.9. The molecule has 6 heteroatoms. The van der Waals surface area contributed by atoms with Gasteiger partial charge in [-0.2, -0.15) is 0 Å². The zero-order chi connectivity index (χ0) is 12.3. The van der Waals surface area contributed by atoms with Crippen LogP contribution >= 0.6 is 27.5 Å². The molecular weight excluding hydrogens is 299 g/mol. The van der Waals surface area contributed by atoms with Gasteiger partial charge in [0.1, 0.15) is 6.10 Å². The number of aliphatic hydroxyl groups excluding tert-OH is 2. The molecule has 16 heavy (non-hydrogen) atoms. The standard InChI is InChI=1S/C10H10BrClO4/c11-4-8(13)9(14)6-2-1-5(12)3-7(6)10(15)16/h1-3,8-9,13-14H,4H2,(H,15,16). The molecule has 0 radical (unpaired) electrons. The van der Waals surface area contributed by atoms with E-state index in [0.717, 1.165) is 0 Å². The average molecular weight is 310 g/mol.